The number of anilines is 1. The zero-order valence-electron chi connectivity index (χ0n) is 13.8. The molecule has 0 amide bonds. The van der Waals surface area contributed by atoms with Crippen LogP contribution in [0.5, 0.6) is 0 Å². The summed E-state index contributed by atoms with van der Waals surface area (Å²) in [4.78, 5) is 13.3. The van der Waals surface area contributed by atoms with Crippen LogP contribution in [-0.2, 0) is 16.9 Å². The first-order valence-electron chi connectivity index (χ1n) is 8.06. The van der Waals surface area contributed by atoms with Crippen molar-refractivity contribution in [2.24, 2.45) is 13.0 Å². The van der Waals surface area contributed by atoms with Gasteiger partial charge in [-0.1, -0.05) is 0 Å². The molecule has 0 aromatic carbocycles. The second-order valence-electron chi connectivity index (χ2n) is 6.29. The first kappa shape index (κ1) is 15.9. The predicted molar refractivity (Wildman–Crippen MR) is 94.8 cm³/mol. The zero-order valence-corrected chi connectivity index (χ0v) is 14.6. The molecule has 4 heterocycles. The largest absolute Gasteiger partial charge is 0.369 e. The average Bonchev–Trinajstić information content (AvgIpc) is 3.16. The number of fused-ring (bicyclic) bond motifs is 1. The summed E-state index contributed by atoms with van der Waals surface area (Å²) in [5.41, 5.74) is 1.53. The number of nitrogens with one attached hydrogen (secondary N) is 1. The summed E-state index contributed by atoms with van der Waals surface area (Å²) in [5, 5.41) is 8.37. The van der Waals surface area contributed by atoms with Gasteiger partial charge in [0.25, 0.3) is 0 Å². The second-order valence-corrected chi connectivity index (χ2v) is 8.52. The summed E-state index contributed by atoms with van der Waals surface area (Å²) in [5.74, 6) is 1.84. The Bertz CT molecular complexity index is 1020. The number of aromatic nitrogens is 5. The lowest BCUT2D eigenvalue weighted by atomic mass is 10.1. The van der Waals surface area contributed by atoms with E-state index in [0.717, 1.165) is 16.6 Å². The lowest BCUT2D eigenvalue weighted by molar-refractivity contribution is 0.596. The van der Waals surface area contributed by atoms with E-state index in [2.05, 4.69) is 25.4 Å². The molecule has 0 spiro atoms. The minimum atomic E-state index is -2.89. The van der Waals surface area contributed by atoms with Crippen molar-refractivity contribution in [3.63, 3.8) is 0 Å². The smallest absolute Gasteiger partial charge is 0.165 e. The number of sulfone groups is 1. The Kier molecular flexibility index (Phi) is 3.87. The maximum absolute atomic E-state index is 11.6. The van der Waals surface area contributed by atoms with Crippen LogP contribution in [0, 0.1) is 5.92 Å². The highest BCUT2D eigenvalue weighted by Crippen LogP contribution is 2.25. The molecule has 1 atom stereocenters. The van der Waals surface area contributed by atoms with Crippen molar-refractivity contribution in [1.29, 1.82) is 0 Å². The van der Waals surface area contributed by atoms with Crippen molar-refractivity contribution in [2.75, 3.05) is 23.4 Å². The average molecular weight is 358 g/mol. The van der Waals surface area contributed by atoms with E-state index in [0.29, 0.717) is 24.6 Å². The summed E-state index contributed by atoms with van der Waals surface area (Å²) >= 11 is 0. The van der Waals surface area contributed by atoms with Crippen molar-refractivity contribution in [2.45, 2.75) is 6.42 Å². The van der Waals surface area contributed by atoms with Gasteiger partial charge in [0.05, 0.1) is 23.1 Å². The van der Waals surface area contributed by atoms with Gasteiger partial charge in [-0.15, -0.1) is 0 Å². The number of aryl methyl sites for hydroxylation is 1. The van der Waals surface area contributed by atoms with Gasteiger partial charge < -0.3 is 5.32 Å². The minimum absolute atomic E-state index is 0.105. The van der Waals surface area contributed by atoms with Gasteiger partial charge in [0, 0.05) is 31.5 Å². The molecule has 0 unspecified atom stereocenters. The Balaban J connectivity index is 1.67. The normalized spacial score (nSPS) is 19.3. The lowest BCUT2D eigenvalue weighted by Gasteiger charge is -2.12. The number of hydrogen-bond donors (Lipinski definition) is 1. The van der Waals surface area contributed by atoms with Crippen molar-refractivity contribution < 1.29 is 8.42 Å². The van der Waals surface area contributed by atoms with Gasteiger partial charge in [-0.2, -0.15) is 5.10 Å². The fraction of sp³-hybridized carbons (Fsp3) is 0.375. The molecule has 1 saturated heterocycles. The molecule has 1 N–H and O–H groups in total. The van der Waals surface area contributed by atoms with Crippen LogP contribution < -0.4 is 5.32 Å². The molecule has 1 aliphatic rings. The first-order chi connectivity index (χ1) is 12.0. The Morgan fingerprint density at radius 3 is 2.92 bits per heavy atom. The molecule has 3 aromatic heterocycles. The minimum Gasteiger partial charge on any atom is -0.369 e. The number of hydrogen-bond acceptors (Lipinski definition) is 7. The molecule has 4 rings (SSSR count). The van der Waals surface area contributed by atoms with Gasteiger partial charge in [-0.05, 0) is 24.5 Å². The molecule has 0 aliphatic carbocycles. The molecular formula is C16H18N6O2S. The topological polar surface area (TPSA) is 103 Å². The molecule has 8 nitrogen and oxygen atoms in total. The third-order valence-corrected chi connectivity index (χ3v) is 6.23. The Morgan fingerprint density at radius 2 is 2.20 bits per heavy atom. The van der Waals surface area contributed by atoms with Gasteiger partial charge in [-0.3, -0.25) is 9.67 Å². The monoisotopic (exact) mass is 358 g/mol. The highest BCUT2D eigenvalue weighted by molar-refractivity contribution is 7.91. The van der Waals surface area contributed by atoms with Crippen LogP contribution in [0.1, 0.15) is 6.42 Å². The molecule has 0 bridgehead atoms. The van der Waals surface area contributed by atoms with Crippen LogP contribution in [0.4, 0.5) is 5.82 Å². The van der Waals surface area contributed by atoms with Crippen molar-refractivity contribution in [3.8, 4) is 11.4 Å². The van der Waals surface area contributed by atoms with Crippen LogP contribution >= 0.6 is 0 Å². The molecule has 0 radical (unpaired) electrons. The summed E-state index contributed by atoms with van der Waals surface area (Å²) in [6.07, 6.45) is 5.82. The van der Waals surface area contributed by atoms with Crippen LogP contribution in [0.25, 0.3) is 22.4 Å². The molecule has 1 fully saturated rings. The quantitative estimate of drug-likeness (QED) is 0.749. The summed E-state index contributed by atoms with van der Waals surface area (Å²) in [6, 6.07) is 3.74. The molecule has 0 saturated carbocycles. The molecule has 1 aliphatic heterocycles. The lowest BCUT2D eigenvalue weighted by Crippen LogP contribution is -2.16. The maximum Gasteiger partial charge on any atom is 0.165 e. The highest BCUT2D eigenvalue weighted by Gasteiger charge is 2.27. The fourth-order valence-corrected chi connectivity index (χ4v) is 4.92. The summed E-state index contributed by atoms with van der Waals surface area (Å²) in [7, 11) is -1.06. The molecule has 25 heavy (non-hydrogen) atoms. The molecule has 130 valence electrons. The first-order valence-corrected chi connectivity index (χ1v) is 9.88. The van der Waals surface area contributed by atoms with Crippen molar-refractivity contribution in [1.82, 2.24) is 24.7 Å². The molecular weight excluding hydrogens is 340 g/mol. The van der Waals surface area contributed by atoms with Crippen LogP contribution in [0.3, 0.4) is 0 Å². The third-order valence-electron chi connectivity index (χ3n) is 4.40. The van der Waals surface area contributed by atoms with E-state index in [-0.39, 0.29) is 17.4 Å². The second kappa shape index (κ2) is 6.07. The van der Waals surface area contributed by atoms with Gasteiger partial charge in [0.15, 0.2) is 21.3 Å². The van der Waals surface area contributed by atoms with E-state index in [1.54, 1.807) is 23.3 Å². The van der Waals surface area contributed by atoms with Gasteiger partial charge in [0.2, 0.25) is 0 Å². The summed E-state index contributed by atoms with van der Waals surface area (Å²) in [6.45, 7) is 0.562. The van der Waals surface area contributed by atoms with E-state index in [9.17, 15) is 8.42 Å². The Labute approximate surface area is 145 Å². The standard InChI is InChI=1S/C16H18N6O2S/c1-22-16-13(9-19-22)15(18-7-11-4-6-25(23,24)10-11)20-14(21-16)12-3-2-5-17-8-12/h2-3,5,8-9,11H,4,6-7,10H2,1H3,(H,18,20,21)/t11-/m0/s1. The van der Waals surface area contributed by atoms with Crippen LogP contribution in [0.2, 0.25) is 0 Å². The van der Waals surface area contributed by atoms with Crippen LogP contribution in [0.15, 0.2) is 30.7 Å². The van der Waals surface area contributed by atoms with E-state index < -0.39 is 9.84 Å². The maximum atomic E-state index is 11.6. The van der Waals surface area contributed by atoms with E-state index in [1.165, 1.54) is 0 Å². The molecule has 3 aromatic rings. The van der Waals surface area contributed by atoms with Crippen molar-refractivity contribution >= 4 is 26.7 Å². The van der Waals surface area contributed by atoms with E-state index in [4.69, 9.17) is 0 Å². The number of nitrogens with zero attached hydrogens (tertiary/aromatic N) is 5. The SMILES string of the molecule is Cn1ncc2c(NC[C@@H]3CCS(=O)(=O)C3)nc(-c3cccnc3)nc21. The Morgan fingerprint density at radius 1 is 1.32 bits per heavy atom. The zero-order chi connectivity index (χ0) is 17.4. The molecule has 9 heteroatoms. The van der Waals surface area contributed by atoms with E-state index >= 15 is 0 Å². The van der Waals surface area contributed by atoms with E-state index in [1.807, 2.05) is 19.2 Å². The van der Waals surface area contributed by atoms with Crippen LogP contribution in [-0.4, -0.2) is 51.2 Å². The van der Waals surface area contributed by atoms with Gasteiger partial charge >= 0.3 is 0 Å². The highest BCUT2D eigenvalue weighted by atomic mass is 32.2. The third kappa shape index (κ3) is 3.19. The fourth-order valence-electron chi connectivity index (χ4n) is 3.06. The Hall–Kier alpha value is -2.55. The van der Waals surface area contributed by atoms with Crippen molar-refractivity contribution in [3.05, 3.63) is 30.7 Å². The number of rotatable bonds is 4. The van der Waals surface area contributed by atoms with Gasteiger partial charge in [0.1, 0.15) is 5.82 Å². The predicted octanol–water partition coefficient (Wildman–Crippen LogP) is 1.27. The number of pyridine rings is 1. The summed E-state index contributed by atoms with van der Waals surface area (Å²) < 4.78 is 25.0. The van der Waals surface area contributed by atoms with Gasteiger partial charge in [-0.25, -0.2) is 18.4 Å².